The van der Waals surface area contributed by atoms with Gasteiger partial charge in [0, 0.05) is 17.8 Å². The predicted molar refractivity (Wildman–Crippen MR) is 52.6 cm³/mol. The molecule has 6 nitrogen and oxygen atoms in total. The van der Waals surface area contributed by atoms with Crippen LogP contribution in [0.4, 0.5) is 0 Å². The molecule has 2 rings (SSSR count). The molecule has 1 aliphatic rings. The molecular weight excluding hydrogens is 198 g/mol. The number of fused-ring (bicyclic) bond motifs is 1. The highest BCUT2D eigenvalue weighted by Gasteiger charge is 2.19. The lowest BCUT2D eigenvalue weighted by atomic mass is 9.99. The van der Waals surface area contributed by atoms with Crippen LogP contribution in [0.2, 0.25) is 0 Å². The number of aromatic nitrogens is 1. The summed E-state index contributed by atoms with van der Waals surface area (Å²) in [4.78, 5) is 34.9. The first-order chi connectivity index (χ1) is 7.22. The van der Waals surface area contributed by atoms with Gasteiger partial charge in [0.2, 0.25) is 5.56 Å². The van der Waals surface area contributed by atoms with Crippen molar-refractivity contribution in [2.45, 2.75) is 13.0 Å². The molecule has 1 amide bonds. The molecule has 0 radical (unpaired) electrons. The average Bonchev–Trinajstić information content (AvgIpc) is 2.26. The summed E-state index contributed by atoms with van der Waals surface area (Å²) in [6.07, 6.45) is 0.614. The number of carbonyl (C=O) groups is 1. The van der Waals surface area contributed by atoms with E-state index in [1.807, 2.05) is 0 Å². The lowest BCUT2D eigenvalue weighted by Gasteiger charge is -2.17. The first-order valence-corrected chi connectivity index (χ1v) is 4.56. The second-order valence-corrected chi connectivity index (χ2v) is 3.34. The Balaban J connectivity index is 2.62. The van der Waals surface area contributed by atoms with E-state index < -0.39 is 5.91 Å². The fraction of sp³-hybridized carbons (Fsp3) is 0.333. The molecule has 15 heavy (non-hydrogen) atoms. The summed E-state index contributed by atoms with van der Waals surface area (Å²) in [6, 6.07) is 1.43. The number of aromatic amines is 1. The van der Waals surface area contributed by atoms with E-state index in [4.69, 9.17) is 0 Å². The zero-order valence-electron chi connectivity index (χ0n) is 7.87. The Hall–Kier alpha value is -1.82. The van der Waals surface area contributed by atoms with E-state index in [2.05, 4.69) is 15.5 Å². The molecule has 78 valence electrons. The fourth-order valence-corrected chi connectivity index (χ4v) is 1.75. The molecule has 1 aromatic heterocycles. The third-order valence-corrected chi connectivity index (χ3v) is 2.41. The Morgan fingerprint density at radius 1 is 1.47 bits per heavy atom. The molecule has 0 spiro atoms. The minimum Gasteiger partial charge on any atom is -0.317 e. The minimum absolute atomic E-state index is 0.0361. The van der Waals surface area contributed by atoms with E-state index in [0.29, 0.717) is 13.0 Å². The molecule has 2 N–H and O–H groups in total. The van der Waals surface area contributed by atoms with Gasteiger partial charge in [-0.2, -0.15) is 0 Å². The monoisotopic (exact) mass is 207 g/mol. The van der Waals surface area contributed by atoms with E-state index in [-0.39, 0.29) is 11.3 Å². The van der Waals surface area contributed by atoms with Crippen LogP contribution < -0.4 is 10.9 Å². The van der Waals surface area contributed by atoms with Crippen LogP contribution in [0.1, 0.15) is 21.6 Å². The van der Waals surface area contributed by atoms with Gasteiger partial charge in [0.05, 0.1) is 0 Å². The number of nitroso groups, excluding NO2 is 1. The van der Waals surface area contributed by atoms with Gasteiger partial charge in [-0.3, -0.25) is 9.59 Å². The van der Waals surface area contributed by atoms with Crippen LogP contribution in [0.25, 0.3) is 0 Å². The number of H-pyrrole nitrogens is 1. The normalized spacial score (nSPS) is 14.4. The minimum atomic E-state index is -0.911. The first kappa shape index (κ1) is 9.72. The Morgan fingerprint density at radius 3 is 3.00 bits per heavy atom. The summed E-state index contributed by atoms with van der Waals surface area (Å²) in [5.74, 6) is -0.911. The van der Waals surface area contributed by atoms with E-state index in [1.165, 1.54) is 6.07 Å². The standard InChI is InChI=1S/C9H9N3O3/c13-7-3-5-4-10-2-1-6(5)8(11-7)9(14)12-15/h3,10H,1-2,4H2,(H,11,13). The number of carbonyl (C=O) groups excluding carboxylic acids is 1. The van der Waals surface area contributed by atoms with Gasteiger partial charge in [0.25, 0.3) is 0 Å². The maximum atomic E-state index is 11.2. The van der Waals surface area contributed by atoms with Gasteiger partial charge in [0.15, 0.2) is 0 Å². The first-order valence-electron chi connectivity index (χ1n) is 4.56. The summed E-state index contributed by atoms with van der Waals surface area (Å²) in [7, 11) is 0. The SMILES string of the molecule is O=NC(=O)c1[nH]c(=O)cc2c1CCNC2. The van der Waals surface area contributed by atoms with Crippen molar-refractivity contribution >= 4 is 5.91 Å². The summed E-state index contributed by atoms with van der Waals surface area (Å²) < 4.78 is 0. The molecule has 1 aromatic rings. The van der Waals surface area contributed by atoms with E-state index in [1.54, 1.807) is 0 Å². The van der Waals surface area contributed by atoms with Gasteiger partial charge in [0.1, 0.15) is 5.69 Å². The number of amides is 1. The van der Waals surface area contributed by atoms with Crippen molar-refractivity contribution < 1.29 is 4.79 Å². The highest BCUT2D eigenvalue weighted by molar-refractivity contribution is 5.94. The van der Waals surface area contributed by atoms with Gasteiger partial charge in [-0.25, -0.2) is 0 Å². The van der Waals surface area contributed by atoms with Gasteiger partial charge >= 0.3 is 5.91 Å². The summed E-state index contributed by atoms with van der Waals surface area (Å²) >= 11 is 0. The van der Waals surface area contributed by atoms with Gasteiger partial charge < -0.3 is 10.3 Å². The molecule has 0 fully saturated rings. The fourth-order valence-electron chi connectivity index (χ4n) is 1.75. The van der Waals surface area contributed by atoms with Gasteiger partial charge in [-0.05, 0) is 24.1 Å². The van der Waals surface area contributed by atoms with Crippen molar-refractivity contribution in [1.29, 1.82) is 0 Å². The van der Waals surface area contributed by atoms with Crippen molar-refractivity contribution in [1.82, 2.24) is 10.3 Å². The molecule has 0 aromatic carbocycles. The Morgan fingerprint density at radius 2 is 2.27 bits per heavy atom. The quantitative estimate of drug-likeness (QED) is 0.630. The van der Waals surface area contributed by atoms with Crippen LogP contribution in [-0.2, 0) is 13.0 Å². The molecule has 0 saturated carbocycles. The largest absolute Gasteiger partial charge is 0.333 e. The van der Waals surface area contributed by atoms with Crippen LogP contribution in [-0.4, -0.2) is 17.4 Å². The number of pyridine rings is 1. The third kappa shape index (κ3) is 1.71. The van der Waals surface area contributed by atoms with Crippen LogP contribution >= 0.6 is 0 Å². The van der Waals surface area contributed by atoms with Crippen molar-refractivity contribution in [3.05, 3.63) is 38.1 Å². The van der Waals surface area contributed by atoms with E-state index in [9.17, 15) is 14.5 Å². The van der Waals surface area contributed by atoms with Crippen molar-refractivity contribution in [2.75, 3.05) is 6.54 Å². The molecule has 6 heteroatoms. The maximum absolute atomic E-state index is 11.2. The zero-order valence-corrected chi connectivity index (χ0v) is 7.87. The van der Waals surface area contributed by atoms with E-state index >= 15 is 0 Å². The number of rotatable bonds is 1. The Bertz CT molecular complexity index is 478. The second-order valence-electron chi connectivity index (χ2n) is 3.34. The smallest absolute Gasteiger partial charge is 0.317 e. The van der Waals surface area contributed by atoms with Crippen LogP contribution in [0.5, 0.6) is 0 Å². The highest BCUT2D eigenvalue weighted by Crippen LogP contribution is 2.15. The number of nitrogens with one attached hydrogen (secondary N) is 2. The number of hydrogen-bond acceptors (Lipinski definition) is 4. The molecule has 0 bridgehead atoms. The molecule has 0 unspecified atom stereocenters. The van der Waals surface area contributed by atoms with E-state index in [0.717, 1.165) is 17.7 Å². The van der Waals surface area contributed by atoms with Crippen molar-refractivity contribution in [3.63, 3.8) is 0 Å². The molecule has 2 heterocycles. The van der Waals surface area contributed by atoms with Crippen LogP contribution in [0.3, 0.4) is 0 Å². The Labute approximate surface area is 84.7 Å². The summed E-state index contributed by atoms with van der Waals surface area (Å²) in [6.45, 7) is 1.26. The zero-order chi connectivity index (χ0) is 10.8. The van der Waals surface area contributed by atoms with Gasteiger partial charge in [-0.1, -0.05) is 0 Å². The highest BCUT2D eigenvalue weighted by atomic mass is 16.3. The maximum Gasteiger partial charge on any atom is 0.333 e. The molecule has 0 saturated heterocycles. The third-order valence-electron chi connectivity index (χ3n) is 2.41. The molecular formula is C9H9N3O3. The lowest BCUT2D eigenvalue weighted by molar-refractivity contribution is 0.0994. The summed E-state index contributed by atoms with van der Waals surface area (Å²) in [5.41, 5.74) is 1.13. The molecule has 0 atom stereocenters. The Kier molecular flexibility index (Phi) is 2.42. The van der Waals surface area contributed by atoms with Gasteiger partial charge in [-0.15, -0.1) is 4.91 Å². The second kappa shape index (κ2) is 3.74. The number of hydrogen-bond donors (Lipinski definition) is 2. The predicted octanol–water partition coefficient (Wildman–Crippen LogP) is -0.0728. The molecule has 1 aliphatic heterocycles. The molecule has 0 aliphatic carbocycles. The average molecular weight is 207 g/mol. The van der Waals surface area contributed by atoms with Crippen molar-refractivity contribution in [3.8, 4) is 0 Å². The topological polar surface area (TPSA) is 91.4 Å². The number of nitrogens with zero attached hydrogens (tertiary/aromatic N) is 1. The summed E-state index contributed by atoms with van der Waals surface area (Å²) in [5, 5.41) is 5.41. The van der Waals surface area contributed by atoms with Crippen molar-refractivity contribution in [2.24, 2.45) is 5.18 Å². The van der Waals surface area contributed by atoms with Crippen LogP contribution in [0.15, 0.2) is 16.0 Å². The lowest BCUT2D eigenvalue weighted by Crippen LogP contribution is -2.28. The van der Waals surface area contributed by atoms with Crippen LogP contribution in [0, 0.1) is 4.91 Å².